The molecule has 2 aromatic carbocycles. The Labute approximate surface area is 126 Å². The maximum absolute atomic E-state index is 12.2. The van der Waals surface area contributed by atoms with E-state index in [0.717, 1.165) is 22.6 Å². The van der Waals surface area contributed by atoms with E-state index in [-0.39, 0.29) is 11.4 Å². The Morgan fingerprint density at radius 3 is 2.55 bits per heavy atom. The number of phenols is 1. The lowest BCUT2D eigenvalue weighted by Gasteiger charge is -2.10. The molecule has 0 bridgehead atoms. The van der Waals surface area contributed by atoms with Crippen LogP contribution in [-0.4, -0.2) is 27.0 Å². The number of hydrogen-bond donors (Lipinski definition) is 2. The van der Waals surface area contributed by atoms with Crippen molar-refractivity contribution in [1.82, 2.24) is 14.8 Å². The Morgan fingerprint density at radius 1 is 1.18 bits per heavy atom. The summed E-state index contributed by atoms with van der Waals surface area (Å²) in [5.41, 5.74) is 2.02. The van der Waals surface area contributed by atoms with Gasteiger partial charge in [-0.3, -0.25) is 0 Å². The summed E-state index contributed by atoms with van der Waals surface area (Å²) in [6.45, 7) is 1.90. The summed E-state index contributed by atoms with van der Waals surface area (Å²) < 4.78 is 6.69. The summed E-state index contributed by atoms with van der Waals surface area (Å²) in [7, 11) is 1.60. The van der Waals surface area contributed by atoms with Gasteiger partial charge in [-0.15, -0.1) is 0 Å². The van der Waals surface area contributed by atoms with E-state index in [4.69, 9.17) is 4.74 Å². The molecule has 0 atom stereocenters. The molecule has 2 N–H and O–H groups in total. The predicted octanol–water partition coefficient (Wildman–Crippen LogP) is 2.25. The second kappa shape index (κ2) is 5.40. The lowest BCUT2D eigenvalue weighted by atomic mass is 10.1. The van der Waals surface area contributed by atoms with Gasteiger partial charge in [-0.05, 0) is 55.0 Å². The van der Waals surface area contributed by atoms with Crippen LogP contribution in [0.25, 0.3) is 17.1 Å². The van der Waals surface area contributed by atoms with Crippen LogP contribution >= 0.6 is 0 Å². The predicted molar refractivity (Wildman–Crippen MR) is 82.6 cm³/mol. The number of aryl methyl sites for hydroxylation is 1. The second-order valence-corrected chi connectivity index (χ2v) is 4.89. The molecule has 6 heteroatoms. The van der Waals surface area contributed by atoms with E-state index in [1.807, 2.05) is 19.1 Å². The topological polar surface area (TPSA) is 80.1 Å². The van der Waals surface area contributed by atoms with Crippen LogP contribution in [0.15, 0.2) is 47.3 Å². The summed E-state index contributed by atoms with van der Waals surface area (Å²) >= 11 is 0. The second-order valence-electron chi connectivity index (χ2n) is 4.89. The number of H-pyrrole nitrogens is 1. The van der Waals surface area contributed by atoms with Crippen molar-refractivity contribution in [3.8, 4) is 28.6 Å². The van der Waals surface area contributed by atoms with Crippen molar-refractivity contribution in [1.29, 1.82) is 0 Å². The van der Waals surface area contributed by atoms with Crippen LogP contribution in [0.5, 0.6) is 11.5 Å². The normalized spacial score (nSPS) is 10.6. The fourth-order valence-corrected chi connectivity index (χ4v) is 2.33. The van der Waals surface area contributed by atoms with Crippen LogP contribution in [-0.2, 0) is 0 Å². The third kappa shape index (κ3) is 2.35. The van der Waals surface area contributed by atoms with Crippen LogP contribution < -0.4 is 10.4 Å². The highest BCUT2D eigenvalue weighted by molar-refractivity contribution is 5.60. The molecule has 0 fully saturated rings. The third-order valence-electron chi connectivity index (χ3n) is 3.44. The van der Waals surface area contributed by atoms with Gasteiger partial charge in [0.1, 0.15) is 11.5 Å². The average molecular weight is 297 g/mol. The molecule has 0 radical (unpaired) electrons. The standard InChI is InChI=1S/C16H15N3O3/c1-10-9-13(22-2)7-8-14(10)19-15(17-18-16(19)21)11-3-5-12(20)6-4-11/h3-9,20H,1-2H3,(H,18,21). The fourth-order valence-electron chi connectivity index (χ4n) is 2.33. The van der Waals surface area contributed by atoms with Crippen LogP contribution in [0, 0.1) is 6.92 Å². The number of aromatic amines is 1. The number of ether oxygens (including phenoxy) is 1. The quantitative estimate of drug-likeness (QED) is 0.777. The first kappa shape index (κ1) is 13.9. The van der Waals surface area contributed by atoms with E-state index in [0.29, 0.717) is 5.82 Å². The largest absolute Gasteiger partial charge is 0.508 e. The number of methoxy groups -OCH3 is 1. The average Bonchev–Trinajstić information content (AvgIpc) is 2.89. The van der Waals surface area contributed by atoms with Crippen LogP contribution in [0.4, 0.5) is 0 Å². The van der Waals surface area contributed by atoms with E-state index in [9.17, 15) is 9.90 Å². The summed E-state index contributed by atoms with van der Waals surface area (Å²) in [6.07, 6.45) is 0. The molecule has 3 aromatic rings. The highest BCUT2D eigenvalue weighted by atomic mass is 16.5. The minimum Gasteiger partial charge on any atom is -0.508 e. The lowest BCUT2D eigenvalue weighted by molar-refractivity contribution is 0.414. The number of aromatic nitrogens is 3. The summed E-state index contributed by atoms with van der Waals surface area (Å²) in [5, 5.41) is 15.9. The van der Waals surface area contributed by atoms with Gasteiger partial charge in [0.25, 0.3) is 0 Å². The Hall–Kier alpha value is -3.02. The number of nitrogens with zero attached hydrogens (tertiary/aromatic N) is 2. The highest BCUT2D eigenvalue weighted by Gasteiger charge is 2.14. The molecule has 3 rings (SSSR count). The molecule has 1 heterocycles. The van der Waals surface area contributed by atoms with Gasteiger partial charge >= 0.3 is 5.69 Å². The van der Waals surface area contributed by atoms with Crippen molar-refractivity contribution in [2.45, 2.75) is 6.92 Å². The summed E-state index contributed by atoms with van der Waals surface area (Å²) in [5.74, 6) is 1.37. The maximum Gasteiger partial charge on any atom is 0.348 e. The van der Waals surface area contributed by atoms with Gasteiger partial charge in [0.2, 0.25) is 0 Å². The molecule has 112 valence electrons. The molecule has 0 aliphatic rings. The number of rotatable bonds is 3. The summed E-state index contributed by atoms with van der Waals surface area (Å²) in [4.78, 5) is 12.2. The Balaban J connectivity index is 2.18. The zero-order valence-corrected chi connectivity index (χ0v) is 12.2. The first-order valence-electron chi connectivity index (χ1n) is 6.72. The number of benzene rings is 2. The van der Waals surface area contributed by atoms with E-state index < -0.39 is 0 Å². The van der Waals surface area contributed by atoms with Crippen molar-refractivity contribution in [3.05, 3.63) is 58.5 Å². The SMILES string of the molecule is COc1ccc(-n2c(-c3ccc(O)cc3)n[nH]c2=O)c(C)c1. The summed E-state index contributed by atoms with van der Waals surface area (Å²) in [6, 6.07) is 12.0. The van der Waals surface area contributed by atoms with Gasteiger partial charge < -0.3 is 9.84 Å². The lowest BCUT2D eigenvalue weighted by Crippen LogP contribution is -2.16. The van der Waals surface area contributed by atoms with E-state index in [2.05, 4.69) is 10.2 Å². The smallest absolute Gasteiger partial charge is 0.348 e. The van der Waals surface area contributed by atoms with Crippen molar-refractivity contribution < 1.29 is 9.84 Å². The molecule has 6 nitrogen and oxygen atoms in total. The molecule has 0 aliphatic heterocycles. The maximum atomic E-state index is 12.2. The van der Waals surface area contributed by atoms with Crippen LogP contribution in [0.3, 0.4) is 0 Å². The van der Waals surface area contributed by atoms with Crippen molar-refractivity contribution in [2.75, 3.05) is 7.11 Å². The molecular weight excluding hydrogens is 282 g/mol. The molecule has 0 saturated carbocycles. The van der Waals surface area contributed by atoms with Gasteiger partial charge in [0.05, 0.1) is 12.8 Å². The van der Waals surface area contributed by atoms with E-state index in [1.165, 1.54) is 4.57 Å². The van der Waals surface area contributed by atoms with Crippen LogP contribution in [0.2, 0.25) is 0 Å². The van der Waals surface area contributed by atoms with Gasteiger partial charge in [-0.2, -0.15) is 5.10 Å². The molecule has 0 saturated heterocycles. The monoisotopic (exact) mass is 297 g/mol. The van der Waals surface area contributed by atoms with Crippen molar-refractivity contribution in [3.63, 3.8) is 0 Å². The van der Waals surface area contributed by atoms with Gasteiger partial charge in [0, 0.05) is 5.56 Å². The first-order valence-corrected chi connectivity index (χ1v) is 6.72. The van der Waals surface area contributed by atoms with Gasteiger partial charge in [0.15, 0.2) is 5.82 Å². The van der Waals surface area contributed by atoms with E-state index in [1.54, 1.807) is 37.4 Å². The number of hydrogen-bond acceptors (Lipinski definition) is 4. The third-order valence-corrected chi connectivity index (χ3v) is 3.44. The highest BCUT2D eigenvalue weighted by Crippen LogP contribution is 2.24. The first-order chi connectivity index (χ1) is 10.6. The van der Waals surface area contributed by atoms with Crippen molar-refractivity contribution in [2.24, 2.45) is 0 Å². The van der Waals surface area contributed by atoms with Gasteiger partial charge in [-0.25, -0.2) is 14.5 Å². The van der Waals surface area contributed by atoms with Crippen molar-refractivity contribution >= 4 is 0 Å². The number of aromatic hydroxyl groups is 1. The molecule has 0 aliphatic carbocycles. The Bertz CT molecular complexity index is 863. The molecule has 0 spiro atoms. The number of nitrogens with one attached hydrogen (secondary N) is 1. The zero-order chi connectivity index (χ0) is 15.7. The molecule has 0 unspecified atom stereocenters. The Kier molecular flexibility index (Phi) is 3.42. The molecule has 1 aromatic heterocycles. The molecule has 22 heavy (non-hydrogen) atoms. The molecule has 0 amide bonds. The minimum absolute atomic E-state index is 0.161. The molecular formula is C16H15N3O3. The van der Waals surface area contributed by atoms with Gasteiger partial charge in [-0.1, -0.05) is 0 Å². The number of phenolic OH excluding ortho intramolecular Hbond substituents is 1. The van der Waals surface area contributed by atoms with E-state index >= 15 is 0 Å². The minimum atomic E-state index is -0.323. The Morgan fingerprint density at radius 2 is 1.91 bits per heavy atom. The van der Waals surface area contributed by atoms with Crippen LogP contribution in [0.1, 0.15) is 5.56 Å². The zero-order valence-electron chi connectivity index (χ0n) is 12.2. The fraction of sp³-hybridized carbons (Fsp3) is 0.125.